The maximum absolute atomic E-state index is 12.8. The third-order valence-corrected chi connectivity index (χ3v) is 13.2. The van der Waals surface area contributed by atoms with Gasteiger partial charge in [0.05, 0.1) is 37.4 Å². The van der Waals surface area contributed by atoms with Crippen LogP contribution >= 0.6 is 57.6 Å². The zero-order valence-corrected chi connectivity index (χ0v) is 38.7. The van der Waals surface area contributed by atoms with Crippen LogP contribution in [0.1, 0.15) is 45.3 Å². The molecule has 4 N–H and O–H groups in total. The maximum Gasteiger partial charge on any atom is 0.262 e. The summed E-state index contributed by atoms with van der Waals surface area (Å²) < 4.78 is 34.9. The molecule has 2 fully saturated rings. The summed E-state index contributed by atoms with van der Waals surface area (Å²) in [4.78, 5) is 78.6. The van der Waals surface area contributed by atoms with Gasteiger partial charge < -0.3 is 40.5 Å². The van der Waals surface area contributed by atoms with Crippen molar-refractivity contribution in [2.24, 2.45) is 0 Å². The Morgan fingerprint density at radius 3 is 1.50 bits per heavy atom. The third kappa shape index (κ3) is 15.3. The molecule has 16 nitrogen and oxygen atoms in total. The van der Waals surface area contributed by atoms with Gasteiger partial charge in [0.1, 0.15) is 35.1 Å². The lowest BCUT2D eigenvalue weighted by molar-refractivity contribution is -0.126. The first kappa shape index (κ1) is 53.8. The summed E-state index contributed by atoms with van der Waals surface area (Å²) in [5, 5.41) is 10.7. The normalized spacial score (nSPS) is 14.7. The summed E-state index contributed by atoms with van der Waals surface area (Å²) in [6, 6.07) is 14.7. The highest BCUT2D eigenvalue weighted by atomic mass is 35.5. The molecule has 0 unspecified atom stereocenters. The van der Waals surface area contributed by atoms with Gasteiger partial charge in [0, 0.05) is 47.8 Å². The van der Waals surface area contributed by atoms with Crippen molar-refractivity contribution in [1.82, 2.24) is 10.6 Å². The number of carbonyl (C=O) groups is 6. The first-order valence-corrected chi connectivity index (χ1v) is 24.6. The minimum Gasteiger partial charge on any atom is -0.370 e. The van der Waals surface area contributed by atoms with Crippen molar-refractivity contribution in [2.75, 3.05) is 84.0 Å². The van der Waals surface area contributed by atoms with E-state index in [2.05, 4.69) is 21.3 Å². The average molecular weight is 1000 g/mol. The second-order valence-electron chi connectivity index (χ2n) is 14.0. The van der Waals surface area contributed by atoms with E-state index in [-0.39, 0.29) is 56.6 Å². The fraction of sp³-hybridized carbons (Fsp3) is 0.381. The molecule has 0 radical (unpaired) electrons. The number of aryl methyl sites for hydroxylation is 2. The van der Waals surface area contributed by atoms with E-state index in [9.17, 15) is 37.2 Å². The summed E-state index contributed by atoms with van der Waals surface area (Å²) in [7, 11) is -3.57. The Bertz CT molecular complexity index is 2430. The van der Waals surface area contributed by atoms with Crippen LogP contribution in [0.15, 0.2) is 60.7 Å². The predicted octanol–water partition coefficient (Wildman–Crippen LogP) is 6.30. The number of morpholine rings is 2. The van der Waals surface area contributed by atoms with E-state index in [4.69, 9.17) is 32.7 Å². The highest BCUT2D eigenvalue weighted by Crippen LogP contribution is 2.27. The number of thiophene rings is 2. The molecule has 64 heavy (non-hydrogen) atoms. The Hall–Kier alpha value is -4.54. The number of carbonyl (C=O) groups excluding carboxylic acids is 6. The maximum atomic E-state index is 12.8. The Labute approximate surface area is 395 Å². The van der Waals surface area contributed by atoms with Crippen LogP contribution in [0.2, 0.25) is 8.67 Å². The van der Waals surface area contributed by atoms with Crippen LogP contribution in [-0.2, 0) is 38.5 Å². The zero-order chi connectivity index (χ0) is 45.1. The monoisotopic (exact) mass is 998 g/mol. The average Bonchev–Trinajstić information content (AvgIpc) is 3.86. The Kier molecular flexibility index (Phi) is 20.7. The molecular weight excluding hydrogens is 948 g/mol. The van der Waals surface area contributed by atoms with Gasteiger partial charge in [-0.25, -0.2) is 8.42 Å². The van der Waals surface area contributed by atoms with Gasteiger partial charge in [-0.1, -0.05) is 38.1 Å². The molecule has 6 rings (SSSR count). The fourth-order valence-corrected chi connectivity index (χ4v) is 9.54. The van der Waals surface area contributed by atoms with Crippen molar-refractivity contribution >= 4 is 126 Å². The summed E-state index contributed by atoms with van der Waals surface area (Å²) >= 11 is 15.4. The number of thioether (sulfide) groups is 1. The molecule has 2 aliphatic rings. The number of sulfone groups is 1. The Morgan fingerprint density at radius 2 is 1.14 bits per heavy atom. The standard InChI is InChI=1S/C20H22ClN3O6S2.C20H22ClN3O4S2.2CH4/c1-12-9-13(3-4-15(12)24-7-8-30-10-18(24)25)22-19(26)14(11-32(2,28)29)23-20(27)16-5-6-17(21)31-16;1-12-9-13(3-4-15(12)24-7-8-28-10-18(24)25)22-19(26)14(11-29-2)23-20(27)16-5-6-17(21)30-16;;/h3-6,9,14H,7-8,10-11H2,1-2H3,(H,22,26)(H,23,27);3-6,9,14H,7-8,10-11H2,1-2H3,(H,22,26)(H,23,27);2*1H4/t2*14-;;/m11../s1. The van der Waals surface area contributed by atoms with E-state index < -0.39 is 39.5 Å². The minimum atomic E-state index is -3.57. The van der Waals surface area contributed by atoms with Crippen LogP contribution in [0.4, 0.5) is 22.7 Å². The third-order valence-electron chi connectivity index (χ3n) is 9.12. The van der Waals surface area contributed by atoms with Gasteiger partial charge in [-0.05, 0) is 91.9 Å². The number of rotatable bonds is 14. The van der Waals surface area contributed by atoms with Gasteiger partial charge >= 0.3 is 0 Å². The highest BCUT2D eigenvalue weighted by Gasteiger charge is 2.28. The molecule has 348 valence electrons. The second-order valence-corrected chi connectivity index (χ2v) is 20.5. The van der Waals surface area contributed by atoms with Crippen LogP contribution in [0.25, 0.3) is 0 Å². The molecule has 2 aromatic carbocycles. The molecule has 22 heteroatoms. The molecule has 2 aromatic heterocycles. The van der Waals surface area contributed by atoms with Crippen molar-refractivity contribution in [2.45, 2.75) is 40.8 Å². The summed E-state index contributed by atoms with van der Waals surface area (Å²) in [6.45, 7) is 5.63. The van der Waals surface area contributed by atoms with E-state index in [0.717, 1.165) is 45.7 Å². The molecule has 4 aromatic rings. The molecule has 0 spiro atoms. The molecule has 2 aliphatic heterocycles. The predicted molar refractivity (Wildman–Crippen MR) is 259 cm³/mol. The number of hydrogen-bond donors (Lipinski definition) is 4. The van der Waals surface area contributed by atoms with Gasteiger partial charge in [-0.15, -0.1) is 22.7 Å². The summed E-state index contributed by atoms with van der Waals surface area (Å²) in [5.41, 5.74) is 4.11. The van der Waals surface area contributed by atoms with Crippen LogP contribution < -0.4 is 31.1 Å². The molecule has 0 aliphatic carbocycles. The van der Waals surface area contributed by atoms with Crippen molar-refractivity contribution in [3.05, 3.63) is 90.2 Å². The topological polar surface area (TPSA) is 210 Å². The van der Waals surface area contributed by atoms with Crippen molar-refractivity contribution in [1.29, 1.82) is 0 Å². The van der Waals surface area contributed by atoms with E-state index in [1.54, 1.807) is 53.1 Å². The number of nitrogens with zero attached hydrogens (tertiary/aromatic N) is 2. The van der Waals surface area contributed by atoms with Crippen LogP contribution in [0.3, 0.4) is 0 Å². The van der Waals surface area contributed by atoms with Crippen molar-refractivity contribution < 1.29 is 46.7 Å². The minimum absolute atomic E-state index is 0. The van der Waals surface area contributed by atoms with Gasteiger partial charge in [0.2, 0.25) is 11.8 Å². The number of anilines is 4. The number of ether oxygens (including phenoxy) is 2. The largest absolute Gasteiger partial charge is 0.370 e. The zero-order valence-electron chi connectivity index (χ0n) is 34.0. The lowest BCUT2D eigenvalue weighted by atomic mass is 10.1. The van der Waals surface area contributed by atoms with E-state index in [0.29, 0.717) is 62.7 Å². The van der Waals surface area contributed by atoms with E-state index in [1.165, 1.54) is 23.9 Å². The SMILES string of the molecule is C.C.CSC[C@@H](NC(=O)c1ccc(Cl)s1)C(=O)Nc1ccc(N2CCOCC2=O)c(C)c1.Cc1cc(NC(=O)[C@@H](CS(C)(=O)=O)NC(=O)c2ccc(Cl)s2)ccc1N1CCOCC1=O. The first-order chi connectivity index (χ1) is 29.4. The van der Waals surface area contributed by atoms with Crippen LogP contribution in [0, 0.1) is 13.8 Å². The number of hydrogen-bond acceptors (Lipinski definition) is 13. The first-order valence-electron chi connectivity index (χ1n) is 18.8. The fourth-order valence-electron chi connectivity index (χ4n) is 6.24. The molecular formula is C42H52Cl2N6O10S4. The van der Waals surface area contributed by atoms with Crippen molar-refractivity contribution in [3.63, 3.8) is 0 Å². The summed E-state index contributed by atoms with van der Waals surface area (Å²) in [6.07, 6.45) is 2.85. The highest BCUT2D eigenvalue weighted by molar-refractivity contribution is 7.98. The Morgan fingerprint density at radius 1 is 0.719 bits per heavy atom. The Balaban J connectivity index is 0.000000331. The second kappa shape index (κ2) is 24.7. The van der Waals surface area contributed by atoms with Gasteiger partial charge in [-0.3, -0.25) is 28.8 Å². The number of benzene rings is 2. The van der Waals surface area contributed by atoms with E-state index >= 15 is 0 Å². The molecule has 2 atom stereocenters. The van der Waals surface area contributed by atoms with Gasteiger partial charge in [0.25, 0.3) is 23.6 Å². The molecule has 4 heterocycles. The van der Waals surface area contributed by atoms with Crippen LogP contribution in [-0.4, -0.2) is 119 Å². The molecule has 0 saturated carbocycles. The number of halogens is 2. The van der Waals surface area contributed by atoms with Crippen molar-refractivity contribution in [3.8, 4) is 0 Å². The van der Waals surface area contributed by atoms with Crippen LogP contribution in [0.5, 0.6) is 0 Å². The molecule has 0 bridgehead atoms. The lowest BCUT2D eigenvalue weighted by Crippen LogP contribution is -2.47. The molecule has 6 amide bonds. The smallest absolute Gasteiger partial charge is 0.262 e. The van der Waals surface area contributed by atoms with E-state index in [1.807, 2.05) is 25.3 Å². The quantitative estimate of drug-likeness (QED) is 0.110. The lowest BCUT2D eigenvalue weighted by Gasteiger charge is -2.28. The van der Waals surface area contributed by atoms with Gasteiger partial charge in [-0.2, -0.15) is 11.8 Å². The summed E-state index contributed by atoms with van der Waals surface area (Å²) in [5.74, 6) is -2.30. The van der Waals surface area contributed by atoms with Gasteiger partial charge in [0.15, 0.2) is 0 Å². The number of nitrogens with one attached hydrogen (secondary N) is 4. The number of amides is 6. The molecule has 2 saturated heterocycles.